The summed E-state index contributed by atoms with van der Waals surface area (Å²) in [6.07, 6.45) is 3.88. The van der Waals surface area contributed by atoms with E-state index in [0.29, 0.717) is 35.9 Å². The molecule has 3 N–H and O–H groups in total. The van der Waals surface area contributed by atoms with E-state index in [2.05, 4.69) is 20.5 Å². The van der Waals surface area contributed by atoms with Gasteiger partial charge in [-0.3, -0.25) is 28.7 Å². The van der Waals surface area contributed by atoms with Crippen molar-refractivity contribution in [2.24, 2.45) is 0 Å². The number of likely N-dealkylation sites (N-methyl/N-ethyl adjacent to an activating group) is 1. The average Bonchev–Trinajstić information content (AvgIpc) is 3.49. The molecule has 2 aromatic heterocycles. The van der Waals surface area contributed by atoms with Crippen molar-refractivity contribution in [3.8, 4) is 0 Å². The first-order chi connectivity index (χ1) is 23.2. The number of fused-ring (bicyclic) bond motifs is 3. The van der Waals surface area contributed by atoms with Crippen molar-refractivity contribution in [3.63, 3.8) is 0 Å². The number of halogens is 2. The normalized spacial score (nSPS) is 20.1. The number of rotatable bonds is 6. The minimum absolute atomic E-state index is 0.0419. The van der Waals surface area contributed by atoms with E-state index >= 15 is 0 Å². The Morgan fingerprint density at radius 1 is 1.02 bits per heavy atom. The molecule has 2 aromatic carbocycles. The highest BCUT2D eigenvalue weighted by molar-refractivity contribution is 7.52. The Morgan fingerprint density at radius 2 is 1.80 bits per heavy atom. The highest BCUT2D eigenvalue weighted by Gasteiger charge is 2.52. The summed E-state index contributed by atoms with van der Waals surface area (Å²) in [5.41, 5.74) is -4.52. The van der Waals surface area contributed by atoms with Crippen LogP contribution in [-0.2, 0) is 24.6 Å². The molecule has 17 heteroatoms. The van der Waals surface area contributed by atoms with Crippen LogP contribution in [0.1, 0.15) is 42.2 Å². The molecule has 2 fully saturated rings. The number of carbonyl (C=O) groups excluding carboxylic acids is 4. The van der Waals surface area contributed by atoms with Crippen molar-refractivity contribution in [3.05, 3.63) is 72.2 Å². The van der Waals surface area contributed by atoms with Crippen LogP contribution >= 0.6 is 7.60 Å². The molecular weight excluding hydrogens is 663 g/mol. The zero-order valence-electron chi connectivity index (χ0n) is 26.4. The number of nitrogens with one attached hydrogen (secondary N) is 1. The maximum atomic E-state index is 14.4. The van der Waals surface area contributed by atoms with Gasteiger partial charge in [-0.25, -0.2) is 0 Å². The minimum Gasteiger partial charge on any atom is -0.340 e. The summed E-state index contributed by atoms with van der Waals surface area (Å²) in [4.78, 5) is 80.5. The fraction of sp³-hybridized carbons (Fsp3) is 0.344. The molecule has 0 spiro atoms. The van der Waals surface area contributed by atoms with Crippen LogP contribution in [0.2, 0.25) is 0 Å². The Morgan fingerprint density at radius 3 is 2.53 bits per heavy atom. The van der Waals surface area contributed by atoms with E-state index in [1.807, 2.05) is 0 Å². The fourth-order valence-corrected chi connectivity index (χ4v) is 6.80. The molecule has 3 atom stereocenters. The Balaban J connectivity index is 1.27. The second kappa shape index (κ2) is 12.8. The summed E-state index contributed by atoms with van der Waals surface area (Å²) in [6, 6.07) is 9.41. The maximum absolute atomic E-state index is 14.4. The summed E-state index contributed by atoms with van der Waals surface area (Å²) in [5.74, 6) is -1.93. The van der Waals surface area contributed by atoms with E-state index in [1.165, 1.54) is 39.8 Å². The first-order valence-corrected chi connectivity index (χ1v) is 17.0. The predicted octanol–water partition coefficient (Wildman–Crippen LogP) is 2.78. The molecular formula is C32H32F2N7O7P. The lowest BCUT2D eigenvalue weighted by Crippen LogP contribution is -2.61. The first-order valence-electron chi connectivity index (χ1n) is 15.4. The standard InChI is InChI=1S/C32H32F2N7O7P/c1-18(42)40-12-10-23-6-8-27(31(45)39(2)24-5-7-25-19(14-24)9-11-36-38-25)41(23)30(44)26(17-40)37-29(43)20-3-4-21-16-35-28(15-22(21)13-20)32(33,34)49(46,47)48/h3-5,7,9,11,13-16,23,26-27H,6,8,10,12,17H2,1-2H3,(H,37,43)(H2,46,47,48)/t23-,26?,27?/m1/s1. The van der Waals surface area contributed by atoms with Crippen LogP contribution in [0.25, 0.3) is 21.7 Å². The molecule has 14 nitrogen and oxygen atoms in total. The lowest BCUT2D eigenvalue weighted by molar-refractivity contribution is -0.144. The number of carbonyl (C=O) groups is 4. The average molecular weight is 696 g/mol. The van der Waals surface area contributed by atoms with Gasteiger partial charge in [0.15, 0.2) is 0 Å². The van der Waals surface area contributed by atoms with E-state index < -0.39 is 42.9 Å². The second-order valence-electron chi connectivity index (χ2n) is 12.2. The number of hydrogen-bond donors (Lipinski definition) is 3. The van der Waals surface area contributed by atoms with E-state index in [4.69, 9.17) is 9.79 Å². The van der Waals surface area contributed by atoms with Gasteiger partial charge < -0.3 is 29.8 Å². The van der Waals surface area contributed by atoms with Gasteiger partial charge in [-0.2, -0.15) is 19.0 Å². The number of benzene rings is 2. The monoisotopic (exact) mass is 695 g/mol. The van der Waals surface area contributed by atoms with Gasteiger partial charge in [0.25, 0.3) is 5.91 Å². The lowest BCUT2D eigenvalue weighted by Gasteiger charge is -2.39. The summed E-state index contributed by atoms with van der Waals surface area (Å²) in [7, 11) is -4.27. The fourth-order valence-electron chi connectivity index (χ4n) is 6.38. The molecule has 6 rings (SSSR count). The van der Waals surface area contributed by atoms with Gasteiger partial charge in [0, 0.05) is 61.3 Å². The third-order valence-electron chi connectivity index (χ3n) is 9.10. The van der Waals surface area contributed by atoms with E-state index in [0.717, 1.165) is 17.6 Å². The molecule has 256 valence electrons. The maximum Gasteiger partial charge on any atom is 0.401 e. The van der Waals surface area contributed by atoms with Gasteiger partial charge >= 0.3 is 13.3 Å². The van der Waals surface area contributed by atoms with Crippen molar-refractivity contribution >= 4 is 58.6 Å². The number of amides is 4. The number of anilines is 1. The molecule has 4 amide bonds. The SMILES string of the molecule is CC(=O)N1CC[C@H]2CCC(C(=O)N(C)c3ccc4nnccc4c3)N2C(=O)C(NC(=O)c2ccc3cnc(C(F)(F)P(=O)(O)O)cc3c2)C1. The number of nitrogens with zero attached hydrogens (tertiary/aromatic N) is 6. The predicted molar refractivity (Wildman–Crippen MR) is 172 cm³/mol. The molecule has 0 aliphatic carbocycles. The molecule has 0 radical (unpaired) electrons. The van der Waals surface area contributed by atoms with Crippen molar-refractivity contribution in [1.29, 1.82) is 0 Å². The van der Waals surface area contributed by atoms with Crippen LogP contribution in [0.5, 0.6) is 0 Å². The summed E-state index contributed by atoms with van der Waals surface area (Å²) in [5, 5.41) is 11.8. The highest BCUT2D eigenvalue weighted by Crippen LogP contribution is 2.58. The Hall–Kier alpha value is -4.92. The van der Waals surface area contributed by atoms with E-state index in [1.54, 1.807) is 37.5 Å². The van der Waals surface area contributed by atoms with Crippen molar-refractivity contribution in [1.82, 2.24) is 30.3 Å². The summed E-state index contributed by atoms with van der Waals surface area (Å²) in [6.45, 7) is 1.48. The van der Waals surface area contributed by atoms with Gasteiger partial charge in [0.05, 0.1) is 11.7 Å². The second-order valence-corrected chi connectivity index (χ2v) is 13.8. The Labute approximate surface area is 278 Å². The third-order valence-corrected chi connectivity index (χ3v) is 10.1. The quantitative estimate of drug-likeness (QED) is 0.253. The van der Waals surface area contributed by atoms with Gasteiger partial charge in [0.1, 0.15) is 17.8 Å². The van der Waals surface area contributed by atoms with Gasteiger partial charge in [-0.05, 0) is 67.1 Å². The molecule has 2 aliphatic heterocycles. The van der Waals surface area contributed by atoms with Crippen LogP contribution in [0.15, 0.2) is 60.9 Å². The van der Waals surface area contributed by atoms with E-state index in [9.17, 15) is 32.5 Å². The number of pyridine rings is 1. The third kappa shape index (κ3) is 6.46. The molecule has 2 aliphatic rings. The Kier molecular flexibility index (Phi) is 8.90. The molecule has 49 heavy (non-hydrogen) atoms. The van der Waals surface area contributed by atoms with Crippen molar-refractivity contribution < 1.29 is 42.3 Å². The largest absolute Gasteiger partial charge is 0.401 e. The molecule has 2 unspecified atom stereocenters. The van der Waals surface area contributed by atoms with Gasteiger partial charge in [-0.1, -0.05) is 6.07 Å². The molecule has 0 saturated carbocycles. The van der Waals surface area contributed by atoms with Gasteiger partial charge in [0.2, 0.25) is 17.7 Å². The molecule has 2 saturated heterocycles. The topological polar surface area (TPSA) is 186 Å². The molecule has 4 heterocycles. The van der Waals surface area contributed by atoms with Crippen molar-refractivity contribution in [2.75, 3.05) is 25.0 Å². The van der Waals surface area contributed by atoms with Crippen molar-refractivity contribution in [2.45, 2.75) is 50.0 Å². The Bertz CT molecular complexity index is 2040. The highest BCUT2D eigenvalue weighted by atomic mass is 31.2. The number of hydrogen-bond acceptors (Lipinski definition) is 8. The minimum atomic E-state index is -5.89. The van der Waals surface area contributed by atoms with Crippen LogP contribution < -0.4 is 10.2 Å². The molecule has 0 bridgehead atoms. The lowest BCUT2D eigenvalue weighted by atomic mass is 10.0. The zero-order valence-corrected chi connectivity index (χ0v) is 27.3. The number of alkyl halides is 2. The van der Waals surface area contributed by atoms with Crippen LogP contribution in [0, 0.1) is 0 Å². The summed E-state index contributed by atoms with van der Waals surface area (Å²) >= 11 is 0. The van der Waals surface area contributed by atoms with Crippen LogP contribution in [0.3, 0.4) is 0 Å². The van der Waals surface area contributed by atoms with Crippen LogP contribution in [-0.4, -0.2) is 96.7 Å². The van der Waals surface area contributed by atoms with Gasteiger partial charge in [-0.15, -0.1) is 0 Å². The summed E-state index contributed by atoms with van der Waals surface area (Å²) < 4.78 is 40.1. The molecule has 4 aromatic rings. The first kappa shape index (κ1) is 34.0. The zero-order chi connectivity index (χ0) is 35.2. The smallest absolute Gasteiger partial charge is 0.340 e. The van der Waals surface area contributed by atoms with Crippen LogP contribution in [0.4, 0.5) is 14.5 Å². The van der Waals surface area contributed by atoms with E-state index in [-0.39, 0.29) is 41.9 Å². The number of aromatic nitrogens is 3.